The van der Waals surface area contributed by atoms with Crippen LogP contribution in [-0.4, -0.2) is 37.6 Å². The van der Waals surface area contributed by atoms with E-state index in [1.807, 2.05) is 0 Å². The molecule has 0 aromatic heterocycles. The van der Waals surface area contributed by atoms with E-state index in [9.17, 15) is 19.2 Å². The first-order valence-electron chi connectivity index (χ1n) is 5.24. The van der Waals surface area contributed by atoms with Gasteiger partial charge in [0.25, 0.3) is 0 Å². The third kappa shape index (κ3) is 3.51. The van der Waals surface area contributed by atoms with Crippen molar-refractivity contribution in [2.24, 2.45) is 0 Å². The van der Waals surface area contributed by atoms with Gasteiger partial charge in [0, 0.05) is 11.1 Å². The molecule has 0 aromatic rings. The van der Waals surface area contributed by atoms with Crippen molar-refractivity contribution in [3.8, 4) is 0 Å². The Morgan fingerprint density at radius 2 is 1.89 bits per heavy atom. The maximum absolute atomic E-state index is 11.5. The number of hydrogen-bond acceptors (Lipinski definition) is 7. The van der Waals surface area contributed by atoms with Crippen LogP contribution in [-0.2, 0) is 33.4 Å². The average Bonchev–Trinajstić information content (AvgIpc) is 2.60. The van der Waals surface area contributed by atoms with Gasteiger partial charge in [0.15, 0.2) is 0 Å². The maximum Gasteiger partial charge on any atom is 0.345 e. The summed E-state index contributed by atoms with van der Waals surface area (Å²) in [6.45, 7) is 4.35. The van der Waals surface area contributed by atoms with Gasteiger partial charge < -0.3 is 14.2 Å². The van der Waals surface area contributed by atoms with E-state index in [1.165, 1.54) is 14.0 Å². The molecule has 0 radical (unpaired) electrons. The summed E-state index contributed by atoms with van der Waals surface area (Å²) < 4.78 is 13.4. The second-order valence-corrected chi connectivity index (χ2v) is 3.71. The van der Waals surface area contributed by atoms with E-state index in [-0.39, 0.29) is 23.1 Å². The molecular weight excluding hydrogens is 256 g/mol. The van der Waals surface area contributed by atoms with E-state index in [2.05, 4.69) is 16.1 Å². The van der Waals surface area contributed by atoms with E-state index in [0.29, 0.717) is 0 Å². The summed E-state index contributed by atoms with van der Waals surface area (Å²) in [7, 11) is 1.18. The van der Waals surface area contributed by atoms with E-state index in [0.717, 1.165) is 0 Å². The van der Waals surface area contributed by atoms with Gasteiger partial charge in [-0.25, -0.2) is 14.4 Å². The SMILES string of the molecule is C=C(CC(=O)OC)C(=O)OCC1=C(C)C(=O)OC1=O. The second kappa shape index (κ2) is 5.94. The van der Waals surface area contributed by atoms with Crippen LogP contribution in [0.3, 0.4) is 0 Å². The zero-order valence-corrected chi connectivity index (χ0v) is 10.5. The van der Waals surface area contributed by atoms with Crippen LogP contribution in [0.15, 0.2) is 23.3 Å². The molecule has 0 unspecified atom stereocenters. The Kier molecular flexibility index (Phi) is 4.57. The minimum absolute atomic E-state index is 0.0239. The summed E-state index contributed by atoms with van der Waals surface area (Å²) in [6, 6.07) is 0. The predicted octanol–water partition coefficient (Wildman–Crippen LogP) is 0.0488. The monoisotopic (exact) mass is 268 g/mol. The third-order valence-electron chi connectivity index (χ3n) is 2.41. The first-order valence-corrected chi connectivity index (χ1v) is 5.24. The number of hydrogen-bond donors (Lipinski definition) is 0. The second-order valence-electron chi connectivity index (χ2n) is 3.71. The Bertz CT molecular complexity index is 498. The molecule has 0 atom stereocenters. The number of carbonyl (C=O) groups is 4. The number of rotatable bonds is 5. The number of esters is 4. The highest BCUT2D eigenvalue weighted by atomic mass is 16.6. The number of cyclic esters (lactones) is 2. The molecule has 1 aliphatic heterocycles. The molecule has 0 saturated heterocycles. The normalized spacial score (nSPS) is 14.2. The Labute approximate surface area is 108 Å². The largest absolute Gasteiger partial charge is 0.469 e. The first-order chi connectivity index (χ1) is 8.86. The number of carbonyl (C=O) groups excluding carboxylic acids is 4. The summed E-state index contributed by atoms with van der Waals surface area (Å²) in [5, 5.41) is 0. The molecule has 1 rings (SSSR count). The molecule has 0 fully saturated rings. The summed E-state index contributed by atoms with van der Waals surface area (Å²) >= 11 is 0. The van der Waals surface area contributed by atoms with Gasteiger partial charge >= 0.3 is 23.9 Å². The Balaban J connectivity index is 2.56. The highest BCUT2D eigenvalue weighted by Gasteiger charge is 2.30. The summed E-state index contributed by atoms with van der Waals surface area (Å²) in [4.78, 5) is 44.6. The molecular formula is C12H12O7. The van der Waals surface area contributed by atoms with Gasteiger partial charge in [0.05, 0.1) is 19.1 Å². The number of ether oxygens (including phenoxy) is 3. The van der Waals surface area contributed by atoms with Gasteiger partial charge in [0.2, 0.25) is 0 Å². The van der Waals surface area contributed by atoms with Crippen LogP contribution in [0, 0.1) is 0 Å². The van der Waals surface area contributed by atoms with E-state index < -0.39 is 30.5 Å². The van der Waals surface area contributed by atoms with Gasteiger partial charge in [0.1, 0.15) is 6.61 Å². The topological polar surface area (TPSA) is 96.0 Å². The molecule has 1 heterocycles. The minimum Gasteiger partial charge on any atom is -0.469 e. The van der Waals surface area contributed by atoms with Crippen molar-refractivity contribution in [1.82, 2.24) is 0 Å². The van der Waals surface area contributed by atoms with Crippen LogP contribution in [0.2, 0.25) is 0 Å². The van der Waals surface area contributed by atoms with Crippen molar-refractivity contribution in [3.05, 3.63) is 23.3 Å². The van der Waals surface area contributed by atoms with Gasteiger partial charge in [-0.3, -0.25) is 4.79 Å². The third-order valence-corrected chi connectivity index (χ3v) is 2.41. The van der Waals surface area contributed by atoms with E-state index in [1.54, 1.807) is 0 Å². The van der Waals surface area contributed by atoms with Crippen molar-refractivity contribution >= 4 is 23.9 Å². The highest BCUT2D eigenvalue weighted by Crippen LogP contribution is 2.17. The smallest absolute Gasteiger partial charge is 0.345 e. The summed E-state index contributed by atoms with van der Waals surface area (Å²) in [5.41, 5.74) is -0.0385. The van der Waals surface area contributed by atoms with E-state index in [4.69, 9.17) is 4.74 Å². The van der Waals surface area contributed by atoms with Gasteiger partial charge in [-0.1, -0.05) is 6.58 Å². The Morgan fingerprint density at radius 3 is 2.37 bits per heavy atom. The number of methoxy groups -OCH3 is 1. The van der Waals surface area contributed by atoms with Crippen molar-refractivity contribution in [3.63, 3.8) is 0 Å². The highest BCUT2D eigenvalue weighted by molar-refractivity contribution is 6.12. The lowest BCUT2D eigenvalue weighted by Gasteiger charge is -2.06. The van der Waals surface area contributed by atoms with Crippen LogP contribution in [0.25, 0.3) is 0 Å². The molecule has 0 bridgehead atoms. The fraction of sp³-hybridized carbons (Fsp3) is 0.333. The molecule has 1 aliphatic rings. The summed E-state index contributed by atoms with van der Waals surface area (Å²) in [6.07, 6.45) is -0.309. The van der Waals surface area contributed by atoms with E-state index >= 15 is 0 Å². The lowest BCUT2D eigenvalue weighted by molar-refractivity contribution is -0.151. The van der Waals surface area contributed by atoms with Crippen molar-refractivity contribution in [1.29, 1.82) is 0 Å². The fourth-order valence-electron chi connectivity index (χ4n) is 1.22. The first kappa shape index (κ1) is 14.6. The molecule has 0 spiro atoms. The van der Waals surface area contributed by atoms with Gasteiger partial charge in [-0.05, 0) is 6.92 Å². The van der Waals surface area contributed by atoms with Crippen LogP contribution < -0.4 is 0 Å². The molecule has 0 N–H and O–H groups in total. The lowest BCUT2D eigenvalue weighted by Crippen LogP contribution is -2.15. The predicted molar refractivity (Wildman–Crippen MR) is 60.5 cm³/mol. The zero-order chi connectivity index (χ0) is 14.6. The van der Waals surface area contributed by atoms with Crippen molar-refractivity contribution in [2.45, 2.75) is 13.3 Å². The standard InChI is InChI=1S/C12H12O7/c1-6(4-9(13)17-3)10(14)18-5-8-7(2)11(15)19-12(8)16/h1,4-5H2,2-3H3. The van der Waals surface area contributed by atoms with Crippen molar-refractivity contribution in [2.75, 3.05) is 13.7 Å². The molecule has 0 saturated carbocycles. The average molecular weight is 268 g/mol. The summed E-state index contributed by atoms with van der Waals surface area (Å²) in [5.74, 6) is -3.08. The molecule has 0 aliphatic carbocycles. The molecule has 0 amide bonds. The Morgan fingerprint density at radius 1 is 1.26 bits per heavy atom. The van der Waals surface area contributed by atoms with Gasteiger partial charge in [-0.15, -0.1) is 0 Å². The Hall–Kier alpha value is -2.44. The lowest BCUT2D eigenvalue weighted by atomic mass is 10.2. The molecule has 0 aromatic carbocycles. The van der Waals surface area contributed by atoms with Crippen LogP contribution in [0.5, 0.6) is 0 Å². The van der Waals surface area contributed by atoms with Crippen LogP contribution >= 0.6 is 0 Å². The zero-order valence-electron chi connectivity index (χ0n) is 10.5. The van der Waals surface area contributed by atoms with Crippen LogP contribution in [0.4, 0.5) is 0 Å². The molecule has 102 valence electrons. The van der Waals surface area contributed by atoms with Gasteiger partial charge in [-0.2, -0.15) is 0 Å². The molecule has 7 heteroatoms. The van der Waals surface area contributed by atoms with Crippen molar-refractivity contribution < 1.29 is 33.4 Å². The minimum atomic E-state index is -0.849. The quantitative estimate of drug-likeness (QED) is 0.301. The fourth-order valence-corrected chi connectivity index (χ4v) is 1.22. The maximum atomic E-state index is 11.5. The molecule has 7 nitrogen and oxygen atoms in total. The van der Waals surface area contributed by atoms with Crippen LogP contribution in [0.1, 0.15) is 13.3 Å². The molecule has 19 heavy (non-hydrogen) atoms.